The van der Waals surface area contributed by atoms with Gasteiger partial charge in [-0.05, 0) is 23.8 Å². The molecule has 25 heavy (non-hydrogen) atoms. The topological polar surface area (TPSA) is 78.0 Å². The van der Waals surface area contributed by atoms with Crippen LogP contribution in [0.4, 0.5) is 18.9 Å². The van der Waals surface area contributed by atoms with E-state index < -0.39 is 22.2 Å². The molecule has 0 radical (unpaired) electrons. The van der Waals surface area contributed by atoms with Crippen LogP contribution in [0.5, 0.6) is 0 Å². The van der Waals surface area contributed by atoms with E-state index in [0.717, 1.165) is 18.2 Å². The number of halogens is 3. The highest BCUT2D eigenvalue weighted by atomic mass is 19.4. The lowest BCUT2D eigenvalue weighted by Crippen LogP contribution is -2.21. The molecule has 0 fully saturated rings. The maximum absolute atomic E-state index is 12.6. The quantitative estimate of drug-likeness (QED) is 0.536. The number of hydrogen-bond donors (Lipinski definition) is 0. The van der Waals surface area contributed by atoms with Gasteiger partial charge in [-0.3, -0.25) is 19.5 Å². The summed E-state index contributed by atoms with van der Waals surface area (Å²) in [5, 5.41) is 10.9. The van der Waals surface area contributed by atoms with Gasteiger partial charge < -0.3 is 0 Å². The third kappa shape index (κ3) is 3.35. The second-order valence-corrected chi connectivity index (χ2v) is 5.33. The molecule has 128 valence electrons. The van der Waals surface area contributed by atoms with Crippen LogP contribution in [0, 0.1) is 10.1 Å². The number of nitro benzene ring substituents is 1. The molecule has 1 aromatic heterocycles. The van der Waals surface area contributed by atoms with Crippen LogP contribution in [0.15, 0.2) is 53.6 Å². The molecule has 0 spiro atoms. The predicted molar refractivity (Wildman–Crippen MR) is 83.2 cm³/mol. The lowest BCUT2D eigenvalue weighted by Gasteiger charge is -2.09. The van der Waals surface area contributed by atoms with Crippen LogP contribution in [0.25, 0.3) is 10.9 Å². The van der Waals surface area contributed by atoms with Crippen LogP contribution >= 0.6 is 0 Å². The molecule has 0 atom stereocenters. The number of nitro groups is 1. The van der Waals surface area contributed by atoms with Crippen molar-refractivity contribution in [2.24, 2.45) is 0 Å². The van der Waals surface area contributed by atoms with Crippen LogP contribution in [0.1, 0.15) is 11.1 Å². The summed E-state index contributed by atoms with van der Waals surface area (Å²) in [5.74, 6) is 0. The number of benzene rings is 2. The summed E-state index contributed by atoms with van der Waals surface area (Å²) in [5.41, 5.74) is -0.746. The summed E-state index contributed by atoms with van der Waals surface area (Å²) < 4.78 is 38.9. The minimum Gasteiger partial charge on any atom is -0.294 e. The Bertz CT molecular complexity index is 1010. The van der Waals surface area contributed by atoms with E-state index >= 15 is 0 Å². The summed E-state index contributed by atoms with van der Waals surface area (Å²) in [6.45, 7) is 0.00258. The van der Waals surface area contributed by atoms with Crippen molar-refractivity contribution in [2.75, 3.05) is 0 Å². The third-order valence-corrected chi connectivity index (χ3v) is 3.65. The van der Waals surface area contributed by atoms with Gasteiger partial charge >= 0.3 is 6.18 Å². The van der Waals surface area contributed by atoms with Crippen molar-refractivity contribution < 1.29 is 18.1 Å². The maximum atomic E-state index is 12.6. The standard InChI is InChI=1S/C16H10F3N3O3/c17-16(18,19)11-3-1-10(2-4-11)8-21-9-20-14-6-5-12(22(24)25)7-13(14)15(21)23/h1-7,9H,8H2. The smallest absolute Gasteiger partial charge is 0.294 e. The van der Waals surface area contributed by atoms with Gasteiger partial charge in [0.15, 0.2) is 0 Å². The van der Waals surface area contributed by atoms with Crippen molar-refractivity contribution in [3.63, 3.8) is 0 Å². The van der Waals surface area contributed by atoms with Gasteiger partial charge in [-0.2, -0.15) is 13.2 Å². The first-order valence-electron chi connectivity index (χ1n) is 7.05. The number of non-ortho nitro benzene ring substituents is 1. The molecule has 0 N–H and O–H groups in total. The van der Waals surface area contributed by atoms with Crippen molar-refractivity contribution in [1.29, 1.82) is 0 Å². The van der Waals surface area contributed by atoms with E-state index in [0.29, 0.717) is 11.1 Å². The van der Waals surface area contributed by atoms with Gasteiger partial charge in [0.05, 0.1) is 34.3 Å². The third-order valence-electron chi connectivity index (χ3n) is 3.65. The molecule has 1 heterocycles. The summed E-state index contributed by atoms with van der Waals surface area (Å²) in [7, 11) is 0. The molecule has 3 aromatic rings. The number of hydrogen-bond acceptors (Lipinski definition) is 4. The van der Waals surface area contributed by atoms with E-state index in [1.165, 1.54) is 35.2 Å². The molecular formula is C16H10F3N3O3. The van der Waals surface area contributed by atoms with E-state index in [1.807, 2.05) is 0 Å². The Morgan fingerprint density at radius 3 is 2.40 bits per heavy atom. The first kappa shape index (κ1) is 16.6. The van der Waals surface area contributed by atoms with Gasteiger partial charge in [0.2, 0.25) is 0 Å². The van der Waals surface area contributed by atoms with Crippen molar-refractivity contribution in [3.05, 3.63) is 80.4 Å². The predicted octanol–water partition coefficient (Wildman–Crippen LogP) is 3.37. The van der Waals surface area contributed by atoms with Crippen molar-refractivity contribution in [1.82, 2.24) is 9.55 Å². The Balaban J connectivity index is 1.97. The lowest BCUT2D eigenvalue weighted by atomic mass is 10.1. The Kier molecular flexibility index (Phi) is 3.99. The molecule has 9 heteroatoms. The average Bonchev–Trinajstić information content (AvgIpc) is 2.57. The van der Waals surface area contributed by atoms with Crippen molar-refractivity contribution >= 4 is 16.6 Å². The van der Waals surface area contributed by atoms with Gasteiger partial charge in [0, 0.05) is 12.1 Å². The zero-order chi connectivity index (χ0) is 18.2. The molecule has 3 rings (SSSR count). The molecule has 2 aromatic carbocycles. The molecule has 0 unspecified atom stereocenters. The Labute approximate surface area is 138 Å². The number of nitrogens with zero attached hydrogens (tertiary/aromatic N) is 3. The first-order valence-corrected chi connectivity index (χ1v) is 7.05. The van der Waals surface area contributed by atoms with E-state index in [9.17, 15) is 28.1 Å². The van der Waals surface area contributed by atoms with Crippen LogP contribution < -0.4 is 5.56 Å². The van der Waals surface area contributed by atoms with E-state index in [2.05, 4.69) is 4.98 Å². The number of rotatable bonds is 3. The molecule has 0 saturated heterocycles. The Morgan fingerprint density at radius 2 is 1.80 bits per heavy atom. The van der Waals surface area contributed by atoms with E-state index in [4.69, 9.17) is 0 Å². The molecule has 0 aliphatic carbocycles. The fraction of sp³-hybridized carbons (Fsp3) is 0.125. The van der Waals surface area contributed by atoms with Gasteiger partial charge in [-0.15, -0.1) is 0 Å². The Morgan fingerprint density at radius 1 is 1.12 bits per heavy atom. The fourth-order valence-corrected chi connectivity index (χ4v) is 2.37. The summed E-state index contributed by atoms with van der Waals surface area (Å²) in [6.07, 6.45) is -3.17. The SMILES string of the molecule is O=c1c2cc([N+](=O)[O-])ccc2ncn1Cc1ccc(C(F)(F)F)cc1. The summed E-state index contributed by atoms with van der Waals surface area (Å²) >= 11 is 0. The number of alkyl halides is 3. The van der Waals surface area contributed by atoms with Crippen molar-refractivity contribution in [3.8, 4) is 0 Å². The number of fused-ring (bicyclic) bond motifs is 1. The van der Waals surface area contributed by atoms with E-state index in [1.54, 1.807) is 0 Å². The van der Waals surface area contributed by atoms with Crippen molar-refractivity contribution in [2.45, 2.75) is 12.7 Å². The maximum Gasteiger partial charge on any atom is 0.416 e. The highest BCUT2D eigenvalue weighted by Crippen LogP contribution is 2.29. The first-order chi connectivity index (χ1) is 11.8. The molecule has 0 amide bonds. The van der Waals surface area contributed by atoms with Gasteiger partial charge in [-0.1, -0.05) is 12.1 Å². The summed E-state index contributed by atoms with van der Waals surface area (Å²) in [4.78, 5) is 26.7. The van der Waals surface area contributed by atoms with Gasteiger partial charge in [-0.25, -0.2) is 4.98 Å². The molecule has 6 nitrogen and oxygen atoms in total. The van der Waals surface area contributed by atoms with Crippen LogP contribution in [-0.2, 0) is 12.7 Å². The highest BCUT2D eigenvalue weighted by Gasteiger charge is 2.29. The summed E-state index contributed by atoms with van der Waals surface area (Å²) in [6, 6.07) is 8.15. The highest BCUT2D eigenvalue weighted by molar-refractivity contribution is 5.79. The number of aromatic nitrogens is 2. The average molecular weight is 349 g/mol. The van der Waals surface area contributed by atoms with E-state index in [-0.39, 0.29) is 17.6 Å². The zero-order valence-corrected chi connectivity index (χ0v) is 12.5. The zero-order valence-electron chi connectivity index (χ0n) is 12.5. The molecule has 0 bridgehead atoms. The van der Waals surface area contributed by atoms with Gasteiger partial charge in [0.1, 0.15) is 0 Å². The van der Waals surface area contributed by atoms with Crippen LogP contribution in [0.2, 0.25) is 0 Å². The molecule has 0 saturated carbocycles. The fourth-order valence-electron chi connectivity index (χ4n) is 2.37. The van der Waals surface area contributed by atoms with Crippen LogP contribution in [0.3, 0.4) is 0 Å². The second-order valence-electron chi connectivity index (χ2n) is 5.33. The largest absolute Gasteiger partial charge is 0.416 e. The minimum absolute atomic E-state index is 0.00258. The lowest BCUT2D eigenvalue weighted by molar-refractivity contribution is -0.384. The minimum atomic E-state index is -4.43. The molecule has 0 aliphatic rings. The Hall–Kier alpha value is -3.23. The monoisotopic (exact) mass is 349 g/mol. The molecule has 0 aliphatic heterocycles. The van der Waals surface area contributed by atoms with Gasteiger partial charge in [0.25, 0.3) is 11.2 Å². The normalized spacial score (nSPS) is 11.6. The molecular weight excluding hydrogens is 339 g/mol. The second kappa shape index (κ2) is 6.00. The van der Waals surface area contributed by atoms with Crippen LogP contribution in [-0.4, -0.2) is 14.5 Å².